The highest BCUT2D eigenvalue weighted by Crippen LogP contribution is 2.30. The van der Waals surface area contributed by atoms with Crippen molar-refractivity contribution in [2.45, 2.75) is 128 Å². The number of Topliss-reactive ketones (excluding diaryl/α,β-unsaturated/α-hetero) is 1. The Bertz CT molecular complexity index is 729. The van der Waals surface area contributed by atoms with Gasteiger partial charge in [0.25, 0.3) is 5.91 Å². The highest BCUT2D eigenvalue weighted by molar-refractivity contribution is 5.94. The first-order valence-corrected chi connectivity index (χ1v) is 13.3. The average Bonchev–Trinajstić information content (AvgIpc) is 3.37. The summed E-state index contributed by atoms with van der Waals surface area (Å²) < 4.78 is 5.50. The van der Waals surface area contributed by atoms with Crippen LogP contribution in [0.2, 0.25) is 0 Å². The van der Waals surface area contributed by atoms with Gasteiger partial charge in [-0.25, -0.2) is 0 Å². The van der Waals surface area contributed by atoms with E-state index in [1.807, 2.05) is 13.8 Å². The number of amides is 3. The number of ketones is 1. The minimum absolute atomic E-state index is 0.162. The molecule has 2 rings (SSSR count). The van der Waals surface area contributed by atoms with Gasteiger partial charge in [0.05, 0.1) is 12.1 Å². The molecule has 0 aromatic carbocycles. The van der Waals surface area contributed by atoms with Gasteiger partial charge >= 0.3 is 0 Å². The number of aliphatic hydroxyl groups excluding tert-OH is 1. The van der Waals surface area contributed by atoms with Gasteiger partial charge in [0.2, 0.25) is 11.8 Å². The smallest absolute Gasteiger partial charge is 0.251 e. The van der Waals surface area contributed by atoms with E-state index in [9.17, 15) is 24.3 Å². The van der Waals surface area contributed by atoms with Crippen molar-refractivity contribution in [3.63, 3.8) is 0 Å². The third-order valence-electron chi connectivity index (χ3n) is 7.25. The van der Waals surface area contributed by atoms with E-state index in [-0.39, 0.29) is 23.5 Å². The van der Waals surface area contributed by atoms with Crippen LogP contribution in [-0.4, -0.2) is 65.0 Å². The zero-order chi connectivity index (χ0) is 26.0. The maximum absolute atomic E-state index is 13.6. The van der Waals surface area contributed by atoms with Gasteiger partial charge in [0, 0.05) is 6.61 Å². The first kappa shape index (κ1) is 29.2. The van der Waals surface area contributed by atoms with E-state index in [2.05, 4.69) is 22.9 Å². The van der Waals surface area contributed by atoms with Crippen molar-refractivity contribution >= 4 is 23.5 Å². The summed E-state index contributed by atoms with van der Waals surface area (Å²) in [6.45, 7) is 7.64. The van der Waals surface area contributed by atoms with Crippen LogP contribution in [0.5, 0.6) is 0 Å². The molecule has 3 amide bonds. The van der Waals surface area contributed by atoms with Crippen molar-refractivity contribution in [2.24, 2.45) is 5.92 Å². The summed E-state index contributed by atoms with van der Waals surface area (Å²) in [5, 5.41) is 19.4. The molecular weight excluding hydrogens is 450 g/mol. The normalized spacial score (nSPS) is 22.2. The number of carbonyl (C=O) groups is 4. The molecule has 35 heavy (non-hydrogen) atoms. The van der Waals surface area contributed by atoms with E-state index in [1.54, 1.807) is 0 Å². The van der Waals surface area contributed by atoms with Crippen molar-refractivity contribution in [3.8, 4) is 0 Å². The second kappa shape index (κ2) is 13.9. The Hall–Kier alpha value is -2.00. The molecule has 1 heterocycles. The van der Waals surface area contributed by atoms with Gasteiger partial charge in [-0.1, -0.05) is 59.3 Å². The van der Waals surface area contributed by atoms with Crippen LogP contribution in [0.3, 0.4) is 0 Å². The number of unbranched alkanes of at least 4 members (excludes halogenated alkanes) is 2. The molecule has 2 fully saturated rings. The maximum atomic E-state index is 13.6. The fourth-order valence-electron chi connectivity index (χ4n) is 4.96. The molecule has 0 aromatic heterocycles. The predicted molar refractivity (Wildman–Crippen MR) is 132 cm³/mol. The number of hydrogen-bond donors (Lipinski definition) is 4. The van der Waals surface area contributed by atoms with Gasteiger partial charge in [-0.15, -0.1) is 0 Å². The van der Waals surface area contributed by atoms with Gasteiger partial charge in [-0.2, -0.15) is 0 Å². The fourth-order valence-corrected chi connectivity index (χ4v) is 4.96. The van der Waals surface area contributed by atoms with E-state index in [0.29, 0.717) is 32.3 Å². The molecule has 0 spiro atoms. The van der Waals surface area contributed by atoms with Gasteiger partial charge in [-0.05, 0) is 44.9 Å². The Morgan fingerprint density at radius 2 is 1.71 bits per heavy atom. The molecule has 9 nitrogen and oxygen atoms in total. The van der Waals surface area contributed by atoms with Crippen molar-refractivity contribution in [3.05, 3.63) is 0 Å². The molecule has 0 bridgehead atoms. The van der Waals surface area contributed by atoms with Crippen LogP contribution in [0.4, 0.5) is 0 Å². The lowest BCUT2D eigenvalue weighted by Crippen LogP contribution is -2.65. The van der Waals surface area contributed by atoms with E-state index in [1.165, 1.54) is 6.92 Å². The molecule has 9 heteroatoms. The number of hydrogen-bond acceptors (Lipinski definition) is 6. The first-order chi connectivity index (χ1) is 16.6. The van der Waals surface area contributed by atoms with Crippen LogP contribution in [0.1, 0.15) is 98.3 Å². The number of nitrogens with one attached hydrogen (secondary N) is 3. The molecule has 0 aromatic rings. The van der Waals surface area contributed by atoms with Crippen LogP contribution >= 0.6 is 0 Å². The Kier molecular flexibility index (Phi) is 11.6. The van der Waals surface area contributed by atoms with Gasteiger partial charge in [0.15, 0.2) is 11.9 Å². The molecule has 4 atom stereocenters. The highest BCUT2D eigenvalue weighted by atomic mass is 16.5. The predicted octanol–water partition coefficient (Wildman–Crippen LogP) is 2.14. The Morgan fingerprint density at radius 1 is 1.03 bits per heavy atom. The lowest BCUT2D eigenvalue weighted by Gasteiger charge is -2.39. The van der Waals surface area contributed by atoms with E-state index in [4.69, 9.17) is 4.74 Å². The fraction of sp³-hybridized carbons (Fsp3) is 0.846. The second-order valence-electron chi connectivity index (χ2n) is 10.5. The molecule has 0 unspecified atom stereocenters. The maximum Gasteiger partial charge on any atom is 0.251 e. The lowest BCUT2D eigenvalue weighted by atomic mass is 9.80. The Morgan fingerprint density at radius 3 is 2.26 bits per heavy atom. The molecular formula is C26H45N3O6. The summed E-state index contributed by atoms with van der Waals surface area (Å²) >= 11 is 0. The highest BCUT2D eigenvalue weighted by Gasteiger charge is 2.44. The largest absolute Gasteiger partial charge is 0.381 e. The molecule has 1 aliphatic heterocycles. The van der Waals surface area contributed by atoms with E-state index < -0.39 is 35.7 Å². The average molecular weight is 496 g/mol. The second-order valence-corrected chi connectivity index (χ2v) is 10.5. The molecule has 1 saturated heterocycles. The zero-order valence-corrected chi connectivity index (χ0v) is 21.9. The zero-order valence-electron chi connectivity index (χ0n) is 21.9. The van der Waals surface area contributed by atoms with Crippen molar-refractivity contribution in [2.75, 3.05) is 6.61 Å². The van der Waals surface area contributed by atoms with Crippen LogP contribution in [-0.2, 0) is 23.9 Å². The molecule has 0 radical (unpaired) electrons. The molecule has 4 N–H and O–H groups in total. The van der Waals surface area contributed by atoms with E-state index >= 15 is 0 Å². The standard InChI is InChI=1S/C26H45N3O6/c1-5-6-8-12-19(18(4)30)27-24(33)22(31)21(17(2)3)28-25(34)26(14-9-7-10-15-26)29-23(32)20-13-11-16-35-20/h17,19-22,31H,5-16H2,1-4H3,(H,27,33)(H,28,34)(H,29,32)/t19-,20-,21-,22-/m0/s1. The molecule has 1 saturated carbocycles. The van der Waals surface area contributed by atoms with Crippen molar-refractivity contribution in [1.82, 2.24) is 16.0 Å². The lowest BCUT2D eigenvalue weighted by molar-refractivity contribution is -0.142. The summed E-state index contributed by atoms with van der Waals surface area (Å²) in [6.07, 6.45) is 6.19. The monoisotopic (exact) mass is 495 g/mol. The number of rotatable bonds is 13. The molecule has 200 valence electrons. The minimum atomic E-state index is -1.53. The van der Waals surface area contributed by atoms with E-state index in [0.717, 1.165) is 44.9 Å². The Balaban J connectivity index is 2.10. The quantitative estimate of drug-likeness (QED) is 0.289. The summed E-state index contributed by atoms with van der Waals surface area (Å²) in [7, 11) is 0. The third-order valence-corrected chi connectivity index (χ3v) is 7.25. The number of carbonyl (C=O) groups excluding carboxylic acids is 4. The SMILES string of the molecule is CCCCC[C@H](NC(=O)[C@@H](O)[C@@H](NC(=O)C1(NC(=O)[C@@H]2CCCO2)CCCCC1)C(C)C)C(C)=O. The number of ether oxygens (including phenoxy) is 1. The van der Waals surface area contributed by atoms with Gasteiger partial charge < -0.3 is 25.8 Å². The van der Waals surface area contributed by atoms with Crippen LogP contribution in [0, 0.1) is 5.92 Å². The summed E-state index contributed by atoms with van der Waals surface area (Å²) in [6, 6.07) is -1.54. The van der Waals surface area contributed by atoms with Gasteiger partial charge in [0.1, 0.15) is 11.6 Å². The third kappa shape index (κ3) is 8.27. The van der Waals surface area contributed by atoms with Gasteiger partial charge in [-0.3, -0.25) is 19.2 Å². The number of aliphatic hydroxyl groups is 1. The minimum Gasteiger partial charge on any atom is -0.381 e. The summed E-state index contributed by atoms with van der Waals surface area (Å²) in [5.41, 5.74) is -1.09. The van der Waals surface area contributed by atoms with Crippen LogP contribution in [0.25, 0.3) is 0 Å². The van der Waals surface area contributed by atoms with Crippen LogP contribution in [0.15, 0.2) is 0 Å². The summed E-state index contributed by atoms with van der Waals surface area (Å²) in [5.74, 6) is -1.77. The van der Waals surface area contributed by atoms with Crippen molar-refractivity contribution < 1.29 is 29.0 Å². The molecule has 2 aliphatic rings. The Labute approximate surface area is 209 Å². The molecule has 1 aliphatic carbocycles. The topological polar surface area (TPSA) is 134 Å². The summed E-state index contributed by atoms with van der Waals surface area (Å²) in [4.78, 5) is 51.3. The first-order valence-electron chi connectivity index (χ1n) is 13.3. The van der Waals surface area contributed by atoms with Crippen molar-refractivity contribution in [1.29, 1.82) is 0 Å². The van der Waals surface area contributed by atoms with Crippen LogP contribution < -0.4 is 16.0 Å².